The molecule has 88 valence electrons. The van der Waals surface area contributed by atoms with Gasteiger partial charge in [0.1, 0.15) is 0 Å². The van der Waals surface area contributed by atoms with E-state index in [1.807, 2.05) is 11.8 Å². The quantitative estimate of drug-likeness (QED) is 0.742. The second-order valence-electron chi connectivity index (χ2n) is 6.39. The van der Waals surface area contributed by atoms with Crippen molar-refractivity contribution in [2.24, 2.45) is 23.2 Å². The lowest BCUT2D eigenvalue weighted by atomic mass is 9.49. The van der Waals surface area contributed by atoms with Crippen LogP contribution in [0, 0.1) is 34.5 Å². The summed E-state index contributed by atoms with van der Waals surface area (Å²) in [5.41, 5.74) is 0.621. The first-order valence-electron chi connectivity index (χ1n) is 6.70. The minimum atomic E-state index is 0.621. The number of nitriles is 1. The normalized spacial score (nSPS) is 46.6. The van der Waals surface area contributed by atoms with Gasteiger partial charge in [-0.05, 0) is 61.7 Å². The minimum absolute atomic E-state index is 0.621. The van der Waals surface area contributed by atoms with Gasteiger partial charge in [-0.1, -0.05) is 6.92 Å². The predicted molar refractivity (Wildman–Crippen MR) is 68.1 cm³/mol. The van der Waals surface area contributed by atoms with Crippen molar-refractivity contribution in [1.82, 2.24) is 0 Å². The monoisotopic (exact) mass is 235 g/mol. The maximum absolute atomic E-state index is 8.73. The Morgan fingerprint density at radius 1 is 1.19 bits per heavy atom. The van der Waals surface area contributed by atoms with Gasteiger partial charge in [0.25, 0.3) is 0 Å². The molecule has 4 saturated carbocycles. The van der Waals surface area contributed by atoms with Crippen LogP contribution in [0.2, 0.25) is 0 Å². The highest BCUT2D eigenvalue weighted by Gasteiger charge is 2.52. The molecule has 0 aromatic heterocycles. The van der Waals surface area contributed by atoms with Crippen molar-refractivity contribution in [3.05, 3.63) is 0 Å². The molecule has 0 spiro atoms. The Kier molecular flexibility index (Phi) is 2.70. The van der Waals surface area contributed by atoms with E-state index >= 15 is 0 Å². The van der Waals surface area contributed by atoms with Crippen LogP contribution in [0.3, 0.4) is 0 Å². The Morgan fingerprint density at radius 2 is 1.69 bits per heavy atom. The fourth-order valence-corrected chi connectivity index (χ4v) is 5.98. The van der Waals surface area contributed by atoms with Gasteiger partial charge in [0, 0.05) is 5.25 Å². The molecule has 0 aromatic rings. The van der Waals surface area contributed by atoms with Crippen LogP contribution in [0.15, 0.2) is 0 Å². The van der Waals surface area contributed by atoms with Crippen LogP contribution in [0.25, 0.3) is 0 Å². The van der Waals surface area contributed by atoms with Crippen LogP contribution in [-0.4, -0.2) is 11.0 Å². The van der Waals surface area contributed by atoms with Crippen LogP contribution in [0.4, 0.5) is 0 Å². The van der Waals surface area contributed by atoms with Gasteiger partial charge in [0.15, 0.2) is 0 Å². The molecule has 1 unspecified atom stereocenters. The highest BCUT2D eigenvalue weighted by atomic mass is 32.2. The molecular formula is C14H21NS. The summed E-state index contributed by atoms with van der Waals surface area (Å²) in [7, 11) is 0. The molecule has 4 fully saturated rings. The third-order valence-corrected chi connectivity index (χ3v) is 6.64. The van der Waals surface area contributed by atoms with E-state index in [1.54, 1.807) is 0 Å². The van der Waals surface area contributed by atoms with E-state index in [9.17, 15) is 0 Å². The molecule has 1 atom stereocenters. The lowest BCUT2D eigenvalue weighted by Gasteiger charge is -2.59. The molecule has 0 aromatic carbocycles. The Morgan fingerprint density at radius 3 is 2.12 bits per heavy atom. The highest BCUT2D eigenvalue weighted by Crippen LogP contribution is 2.62. The van der Waals surface area contributed by atoms with Crippen molar-refractivity contribution in [1.29, 1.82) is 5.26 Å². The third-order valence-electron chi connectivity index (χ3n) is 5.35. The van der Waals surface area contributed by atoms with Crippen molar-refractivity contribution >= 4 is 11.8 Å². The summed E-state index contributed by atoms with van der Waals surface area (Å²) in [6.45, 7) is 2.38. The van der Waals surface area contributed by atoms with Gasteiger partial charge in [-0.3, -0.25) is 0 Å². The Bertz CT molecular complexity index is 282. The fraction of sp³-hybridized carbons (Fsp3) is 0.929. The lowest BCUT2D eigenvalue weighted by molar-refractivity contribution is -0.0510. The molecule has 0 saturated heterocycles. The van der Waals surface area contributed by atoms with E-state index < -0.39 is 0 Å². The maximum Gasteiger partial charge on any atom is 0.0810 e. The smallest absolute Gasteiger partial charge is 0.0810 e. The second kappa shape index (κ2) is 3.95. The molecule has 4 bridgehead atoms. The first-order valence-corrected chi connectivity index (χ1v) is 7.75. The summed E-state index contributed by atoms with van der Waals surface area (Å²) in [5, 5.41) is 9.43. The Labute approximate surface area is 103 Å². The van der Waals surface area contributed by atoms with E-state index in [-0.39, 0.29) is 0 Å². The summed E-state index contributed by atoms with van der Waals surface area (Å²) in [6, 6.07) is 2.29. The van der Waals surface area contributed by atoms with Crippen LogP contribution in [0.1, 0.15) is 45.4 Å². The van der Waals surface area contributed by atoms with E-state index in [4.69, 9.17) is 5.26 Å². The number of thioether (sulfide) groups is 1. The SMILES string of the molecule is CC(SCC#N)C12CC3CC(CC(C3)C1)C2. The molecule has 1 nitrogen and oxygen atoms in total. The first-order chi connectivity index (χ1) is 7.72. The zero-order chi connectivity index (χ0) is 11.2. The second-order valence-corrected chi connectivity index (χ2v) is 7.72. The van der Waals surface area contributed by atoms with Crippen molar-refractivity contribution < 1.29 is 0 Å². The summed E-state index contributed by atoms with van der Waals surface area (Å²) < 4.78 is 0. The largest absolute Gasteiger partial charge is 0.197 e. The number of nitrogens with zero attached hydrogens (tertiary/aromatic N) is 1. The van der Waals surface area contributed by atoms with Crippen molar-refractivity contribution in [3.8, 4) is 6.07 Å². The molecule has 16 heavy (non-hydrogen) atoms. The molecule has 4 aliphatic rings. The Hall–Kier alpha value is -0.160. The third kappa shape index (κ3) is 1.68. The molecule has 2 heteroatoms. The first kappa shape index (κ1) is 11.0. The summed E-state index contributed by atoms with van der Waals surface area (Å²) in [5.74, 6) is 3.80. The average molecular weight is 235 g/mol. The van der Waals surface area contributed by atoms with Crippen LogP contribution in [0.5, 0.6) is 0 Å². The van der Waals surface area contributed by atoms with Crippen LogP contribution >= 0.6 is 11.8 Å². The van der Waals surface area contributed by atoms with Gasteiger partial charge >= 0.3 is 0 Å². The van der Waals surface area contributed by atoms with Crippen LogP contribution in [-0.2, 0) is 0 Å². The molecule has 4 rings (SSSR count). The molecule has 0 aliphatic heterocycles. The fourth-order valence-electron chi connectivity index (χ4n) is 5.01. The molecule has 0 amide bonds. The molecular weight excluding hydrogens is 214 g/mol. The molecule has 0 N–H and O–H groups in total. The lowest BCUT2D eigenvalue weighted by Crippen LogP contribution is -2.50. The average Bonchev–Trinajstić information content (AvgIpc) is 2.24. The molecule has 0 radical (unpaired) electrons. The van der Waals surface area contributed by atoms with Gasteiger partial charge in [0.2, 0.25) is 0 Å². The van der Waals surface area contributed by atoms with E-state index in [2.05, 4.69) is 13.0 Å². The number of hydrogen-bond donors (Lipinski definition) is 0. The predicted octanol–water partition coefficient (Wildman–Crippen LogP) is 3.85. The summed E-state index contributed by atoms with van der Waals surface area (Å²) in [6.07, 6.45) is 8.98. The van der Waals surface area contributed by atoms with E-state index in [1.165, 1.54) is 38.5 Å². The van der Waals surface area contributed by atoms with E-state index in [0.29, 0.717) is 16.4 Å². The van der Waals surface area contributed by atoms with Crippen molar-refractivity contribution in [2.75, 3.05) is 5.75 Å². The summed E-state index contributed by atoms with van der Waals surface area (Å²) in [4.78, 5) is 0. The van der Waals surface area contributed by atoms with Gasteiger partial charge in [-0.2, -0.15) is 5.26 Å². The van der Waals surface area contributed by atoms with Crippen LogP contribution < -0.4 is 0 Å². The zero-order valence-electron chi connectivity index (χ0n) is 10.1. The number of hydrogen-bond acceptors (Lipinski definition) is 2. The maximum atomic E-state index is 8.73. The van der Waals surface area contributed by atoms with Gasteiger partial charge in [-0.25, -0.2) is 0 Å². The highest BCUT2D eigenvalue weighted by molar-refractivity contribution is 8.00. The van der Waals surface area contributed by atoms with Crippen molar-refractivity contribution in [2.45, 2.75) is 50.7 Å². The zero-order valence-corrected chi connectivity index (χ0v) is 10.9. The van der Waals surface area contributed by atoms with Gasteiger partial charge in [0.05, 0.1) is 11.8 Å². The number of rotatable bonds is 3. The standard InChI is InChI=1S/C14H21NS/c1-10(16-3-2-15)14-7-11-4-12(8-14)6-13(5-11)9-14/h10-13H,3-9H2,1H3. The topological polar surface area (TPSA) is 23.8 Å². The van der Waals surface area contributed by atoms with Gasteiger partial charge < -0.3 is 0 Å². The van der Waals surface area contributed by atoms with Crippen molar-refractivity contribution in [3.63, 3.8) is 0 Å². The minimum Gasteiger partial charge on any atom is -0.197 e. The Balaban J connectivity index is 1.75. The van der Waals surface area contributed by atoms with Gasteiger partial charge in [-0.15, -0.1) is 11.8 Å². The molecule has 4 aliphatic carbocycles. The van der Waals surface area contributed by atoms with E-state index in [0.717, 1.165) is 17.8 Å². The molecule has 0 heterocycles. The summed E-state index contributed by atoms with van der Waals surface area (Å²) >= 11 is 1.90.